The first kappa shape index (κ1) is 16.1. The van der Waals surface area contributed by atoms with Crippen LogP contribution in [0.15, 0.2) is 42.6 Å². The number of benzene rings is 1. The van der Waals surface area contributed by atoms with Gasteiger partial charge in [-0.05, 0) is 30.7 Å². The summed E-state index contributed by atoms with van der Waals surface area (Å²) in [5.74, 6) is -0.623. The van der Waals surface area contributed by atoms with E-state index >= 15 is 0 Å². The number of hydrogen-bond acceptors (Lipinski definition) is 5. The third-order valence-electron chi connectivity index (χ3n) is 2.91. The molecule has 2 amide bonds. The molecule has 2 N–H and O–H groups in total. The monoisotopic (exact) mass is 314 g/mol. The molecule has 0 aliphatic rings. The number of anilines is 1. The predicted octanol–water partition coefficient (Wildman–Crippen LogP) is 1.67. The Morgan fingerprint density at radius 2 is 2.04 bits per heavy atom. The van der Waals surface area contributed by atoms with Crippen LogP contribution in [-0.2, 0) is 4.79 Å². The number of non-ortho nitro benzene ring substituents is 1. The van der Waals surface area contributed by atoms with Crippen molar-refractivity contribution in [3.8, 4) is 0 Å². The van der Waals surface area contributed by atoms with E-state index < -0.39 is 16.7 Å². The molecule has 0 radical (unpaired) electrons. The van der Waals surface area contributed by atoms with E-state index in [-0.39, 0.29) is 17.8 Å². The number of aromatic nitrogens is 1. The molecule has 23 heavy (non-hydrogen) atoms. The van der Waals surface area contributed by atoms with Gasteiger partial charge in [0.1, 0.15) is 5.82 Å². The molecule has 2 rings (SSSR count). The van der Waals surface area contributed by atoms with Gasteiger partial charge in [-0.2, -0.15) is 0 Å². The van der Waals surface area contributed by atoms with Crippen molar-refractivity contribution in [3.05, 3.63) is 63.8 Å². The predicted molar refractivity (Wildman–Crippen MR) is 83.0 cm³/mol. The van der Waals surface area contributed by atoms with E-state index in [0.717, 1.165) is 11.6 Å². The molecule has 2 aromatic rings. The summed E-state index contributed by atoms with van der Waals surface area (Å²) in [6, 6.07) is 8.76. The van der Waals surface area contributed by atoms with Crippen molar-refractivity contribution in [1.29, 1.82) is 0 Å². The second-order valence-corrected chi connectivity index (χ2v) is 4.76. The van der Waals surface area contributed by atoms with Gasteiger partial charge in [-0.25, -0.2) is 4.98 Å². The van der Waals surface area contributed by atoms with Crippen LogP contribution in [0.2, 0.25) is 0 Å². The van der Waals surface area contributed by atoms with E-state index in [1.165, 1.54) is 18.2 Å². The van der Waals surface area contributed by atoms with Gasteiger partial charge in [0.15, 0.2) is 0 Å². The number of amides is 2. The zero-order chi connectivity index (χ0) is 16.8. The summed E-state index contributed by atoms with van der Waals surface area (Å²) in [5.41, 5.74) is 0.864. The third kappa shape index (κ3) is 4.60. The Morgan fingerprint density at radius 3 is 2.74 bits per heavy atom. The van der Waals surface area contributed by atoms with Gasteiger partial charge in [-0.3, -0.25) is 19.7 Å². The highest BCUT2D eigenvalue weighted by atomic mass is 16.6. The highest BCUT2D eigenvalue weighted by Crippen LogP contribution is 2.12. The molecule has 0 spiro atoms. The Bertz CT molecular complexity index is 761. The molecule has 0 saturated carbocycles. The van der Waals surface area contributed by atoms with Gasteiger partial charge >= 0.3 is 0 Å². The number of nitrogens with zero attached hydrogens (tertiary/aromatic N) is 2. The summed E-state index contributed by atoms with van der Waals surface area (Å²) >= 11 is 0. The fourth-order valence-electron chi connectivity index (χ4n) is 1.81. The third-order valence-corrected chi connectivity index (χ3v) is 2.91. The second kappa shape index (κ2) is 7.12. The van der Waals surface area contributed by atoms with E-state index in [1.807, 2.05) is 6.92 Å². The molecule has 0 unspecified atom stereocenters. The van der Waals surface area contributed by atoms with Gasteiger partial charge in [0.05, 0.1) is 11.5 Å². The lowest BCUT2D eigenvalue weighted by Gasteiger charge is -2.07. The van der Waals surface area contributed by atoms with Crippen LogP contribution in [0.5, 0.6) is 0 Å². The van der Waals surface area contributed by atoms with E-state index in [1.54, 1.807) is 18.3 Å². The van der Waals surface area contributed by atoms with Crippen LogP contribution in [0.3, 0.4) is 0 Å². The Hall–Kier alpha value is -3.29. The fraction of sp³-hybridized carbons (Fsp3) is 0.133. The molecular formula is C15H14N4O4. The number of nitrogens with one attached hydrogen (secondary N) is 2. The Kier molecular flexibility index (Phi) is 4.98. The van der Waals surface area contributed by atoms with Crippen LogP contribution in [0.25, 0.3) is 0 Å². The zero-order valence-corrected chi connectivity index (χ0v) is 12.3. The van der Waals surface area contributed by atoms with Crippen molar-refractivity contribution in [2.45, 2.75) is 6.92 Å². The van der Waals surface area contributed by atoms with Gasteiger partial charge in [-0.1, -0.05) is 6.07 Å². The highest BCUT2D eigenvalue weighted by molar-refractivity contribution is 5.99. The van der Waals surface area contributed by atoms with Gasteiger partial charge in [0, 0.05) is 23.9 Å². The minimum absolute atomic E-state index is 0.112. The molecule has 8 nitrogen and oxygen atoms in total. The number of pyridine rings is 1. The Morgan fingerprint density at radius 1 is 1.26 bits per heavy atom. The van der Waals surface area contributed by atoms with Crippen molar-refractivity contribution >= 4 is 23.3 Å². The van der Waals surface area contributed by atoms with E-state index in [2.05, 4.69) is 15.6 Å². The van der Waals surface area contributed by atoms with Crippen molar-refractivity contribution < 1.29 is 14.5 Å². The smallest absolute Gasteiger partial charge is 0.270 e. The summed E-state index contributed by atoms with van der Waals surface area (Å²) in [7, 11) is 0. The van der Waals surface area contributed by atoms with Crippen LogP contribution in [0.4, 0.5) is 11.5 Å². The maximum Gasteiger partial charge on any atom is 0.270 e. The molecule has 8 heteroatoms. The lowest BCUT2D eigenvalue weighted by molar-refractivity contribution is -0.384. The first-order valence-corrected chi connectivity index (χ1v) is 6.71. The molecule has 1 aromatic heterocycles. The minimum Gasteiger partial charge on any atom is -0.343 e. The van der Waals surface area contributed by atoms with Gasteiger partial charge in [-0.15, -0.1) is 0 Å². The maximum absolute atomic E-state index is 11.9. The molecule has 1 heterocycles. The quantitative estimate of drug-likeness (QED) is 0.643. The first-order valence-electron chi connectivity index (χ1n) is 6.71. The Balaban J connectivity index is 1.92. The molecular weight excluding hydrogens is 300 g/mol. The SMILES string of the molecule is Cc1ccnc(NC(=O)CNC(=O)c2cccc([N+](=O)[O-])c2)c1. The summed E-state index contributed by atoms with van der Waals surface area (Å²) < 4.78 is 0. The molecule has 118 valence electrons. The number of carbonyl (C=O) groups excluding carboxylic acids is 2. The molecule has 0 aliphatic heterocycles. The van der Waals surface area contributed by atoms with E-state index in [9.17, 15) is 19.7 Å². The molecule has 0 aliphatic carbocycles. The van der Waals surface area contributed by atoms with Crippen molar-refractivity contribution in [1.82, 2.24) is 10.3 Å². The fourth-order valence-corrected chi connectivity index (χ4v) is 1.81. The van der Waals surface area contributed by atoms with Gasteiger partial charge in [0.2, 0.25) is 5.91 Å². The minimum atomic E-state index is -0.590. The van der Waals surface area contributed by atoms with Crippen molar-refractivity contribution in [3.63, 3.8) is 0 Å². The second-order valence-electron chi connectivity index (χ2n) is 4.76. The number of hydrogen-bond donors (Lipinski definition) is 2. The van der Waals surface area contributed by atoms with Crippen LogP contribution >= 0.6 is 0 Å². The number of rotatable bonds is 5. The largest absolute Gasteiger partial charge is 0.343 e. The molecule has 1 aromatic carbocycles. The van der Waals surface area contributed by atoms with Gasteiger partial charge < -0.3 is 10.6 Å². The number of carbonyl (C=O) groups is 2. The summed E-state index contributed by atoms with van der Waals surface area (Å²) in [6.07, 6.45) is 1.56. The van der Waals surface area contributed by atoms with Crippen molar-refractivity contribution in [2.75, 3.05) is 11.9 Å². The summed E-state index contributed by atoms with van der Waals surface area (Å²) in [5, 5.41) is 15.6. The van der Waals surface area contributed by atoms with Gasteiger partial charge in [0.25, 0.3) is 11.6 Å². The molecule has 0 bridgehead atoms. The van der Waals surface area contributed by atoms with Crippen LogP contribution < -0.4 is 10.6 Å². The zero-order valence-electron chi connectivity index (χ0n) is 12.3. The average Bonchev–Trinajstić information content (AvgIpc) is 2.52. The van der Waals surface area contributed by atoms with Crippen molar-refractivity contribution in [2.24, 2.45) is 0 Å². The average molecular weight is 314 g/mol. The summed E-state index contributed by atoms with van der Waals surface area (Å²) in [4.78, 5) is 37.7. The lowest BCUT2D eigenvalue weighted by Crippen LogP contribution is -2.33. The molecule has 0 atom stereocenters. The van der Waals surface area contributed by atoms with E-state index in [0.29, 0.717) is 5.82 Å². The highest BCUT2D eigenvalue weighted by Gasteiger charge is 2.12. The molecule has 0 fully saturated rings. The number of nitro benzene ring substituents is 1. The standard InChI is InChI=1S/C15H14N4O4/c1-10-5-6-16-13(7-10)18-14(20)9-17-15(21)11-3-2-4-12(8-11)19(22)23/h2-8H,9H2,1H3,(H,17,21)(H,16,18,20). The summed E-state index contributed by atoms with van der Waals surface area (Å²) in [6.45, 7) is 1.60. The van der Waals surface area contributed by atoms with Crippen LogP contribution in [0.1, 0.15) is 15.9 Å². The number of nitro groups is 1. The topological polar surface area (TPSA) is 114 Å². The van der Waals surface area contributed by atoms with Crippen LogP contribution in [-0.4, -0.2) is 28.3 Å². The van der Waals surface area contributed by atoms with E-state index in [4.69, 9.17) is 0 Å². The van der Waals surface area contributed by atoms with Crippen LogP contribution in [0, 0.1) is 17.0 Å². The maximum atomic E-state index is 11.9. The normalized spacial score (nSPS) is 9.96. The number of aryl methyl sites for hydroxylation is 1. The first-order chi connectivity index (χ1) is 11.0. The molecule has 0 saturated heterocycles. The lowest BCUT2D eigenvalue weighted by atomic mass is 10.2. The Labute approximate surface area is 131 Å².